The molecule has 0 bridgehead atoms. The van der Waals surface area contributed by atoms with Crippen molar-refractivity contribution in [2.75, 3.05) is 26.9 Å². The number of ether oxygens (including phenoxy) is 2. The lowest BCUT2D eigenvalue weighted by Crippen LogP contribution is -2.32. The molecule has 1 aromatic carbocycles. The molecule has 2 N–H and O–H groups in total. The lowest BCUT2D eigenvalue weighted by molar-refractivity contribution is 0.0348. The van der Waals surface area contributed by atoms with Gasteiger partial charge in [0.15, 0.2) is 0 Å². The summed E-state index contributed by atoms with van der Waals surface area (Å²) in [6.45, 7) is 5.84. The number of benzene rings is 1. The van der Waals surface area contributed by atoms with E-state index in [1.54, 1.807) is 7.11 Å². The minimum absolute atomic E-state index is 0.186. The maximum atomic E-state index is 9.82. The average molecular weight is 281 g/mol. The third kappa shape index (κ3) is 6.37. The number of aliphatic hydroxyl groups is 1. The second kappa shape index (κ2) is 9.75. The van der Waals surface area contributed by atoms with E-state index >= 15 is 0 Å². The number of hydrogen-bond acceptors (Lipinski definition) is 4. The molecule has 0 spiro atoms. The Morgan fingerprint density at radius 2 is 1.95 bits per heavy atom. The Hall–Kier alpha value is -1.10. The molecule has 1 rings (SSSR count). The molecule has 0 aliphatic heterocycles. The van der Waals surface area contributed by atoms with Gasteiger partial charge in [0.05, 0.1) is 19.8 Å². The Kier molecular flexibility index (Phi) is 8.26. The highest BCUT2D eigenvalue weighted by Gasteiger charge is 2.09. The first-order chi connectivity index (χ1) is 9.67. The number of unbranched alkanes of at least 4 members (excludes halogenated alkanes) is 1. The summed E-state index contributed by atoms with van der Waals surface area (Å²) in [4.78, 5) is 0. The van der Waals surface area contributed by atoms with Gasteiger partial charge in [-0.25, -0.2) is 0 Å². The zero-order chi connectivity index (χ0) is 14.8. The molecule has 0 radical (unpaired) electrons. The molecule has 0 heterocycles. The molecule has 0 aromatic heterocycles. The van der Waals surface area contributed by atoms with Gasteiger partial charge in [0.2, 0.25) is 0 Å². The fourth-order valence-corrected chi connectivity index (χ4v) is 1.85. The molecule has 0 saturated carbocycles. The highest BCUT2D eigenvalue weighted by atomic mass is 16.5. The largest absolute Gasteiger partial charge is 0.497 e. The van der Waals surface area contributed by atoms with Gasteiger partial charge in [-0.2, -0.15) is 0 Å². The van der Waals surface area contributed by atoms with Crippen molar-refractivity contribution < 1.29 is 14.6 Å². The van der Waals surface area contributed by atoms with Gasteiger partial charge < -0.3 is 19.9 Å². The maximum absolute atomic E-state index is 9.82. The topological polar surface area (TPSA) is 50.7 Å². The molecule has 1 aromatic rings. The Bertz CT molecular complexity index is 353. The SMILES string of the molecule is CCCCOCC(O)CN[C@H](C)c1ccc(OC)cc1. The van der Waals surface area contributed by atoms with Gasteiger partial charge in [-0.15, -0.1) is 0 Å². The van der Waals surface area contributed by atoms with Crippen LogP contribution in [0.1, 0.15) is 38.3 Å². The molecule has 20 heavy (non-hydrogen) atoms. The third-order valence-electron chi connectivity index (χ3n) is 3.23. The lowest BCUT2D eigenvalue weighted by atomic mass is 10.1. The predicted octanol–water partition coefficient (Wildman–Crippen LogP) is 2.52. The van der Waals surface area contributed by atoms with Crippen LogP contribution in [0.3, 0.4) is 0 Å². The molecule has 114 valence electrons. The van der Waals surface area contributed by atoms with Crippen LogP contribution in [0, 0.1) is 0 Å². The summed E-state index contributed by atoms with van der Waals surface area (Å²) in [5, 5.41) is 13.1. The molecular formula is C16H27NO3. The first kappa shape index (κ1) is 17.0. The summed E-state index contributed by atoms with van der Waals surface area (Å²) in [5.74, 6) is 0.852. The highest BCUT2D eigenvalue weighted by molar-refractivity contribution is 5.28. The first-order valence-corrected chi connectivity index (χ1v) is 7.30. The molecule has 0 amide bonds. The van der Waals surface area contributed by atoms with Crippen molar-refractivity contribution in [1.82, 2.24) is 5.32 Å². The molecule has 0 fully saturated rings. The van der Waals surface area contributed by atoms with Crippen LogP contribution in [-0.2, 0) is 4.74 Å². The smallest absolute Gasteiger partial charge is 0.118 e. The lowest BCUT2D eigenvalue weighted by Gasteiger charge is -2.18. The van der Waals surface area contributed by atoms with Crippen molar-refractivity contribution in [3.05, 3.63) is 29.8 Å². The van der Waals surface area contributed by atoms with Crippen molar-refractivity contribution >= 4 is 0 Å². The van der Waals surface area contributed by atoms with Gasteiger partial charge in [0.25, 0.3) is 0 Å². The van der Waals surface area contributed by atoms with Crippen LogP contribution >= 0.6 is 0 Å². The maximum Gasteiger partial charge on any atom is 0.118 e. The van der Waals surface area contributed by atoms with Gasteiger partial charge in [0.1, 0.15) is 5.75 Å². The van der Waals surface area contributed by atoms with Crippen molar-refractivity contribution in [1.29, 1.82) is 0 Å². The van der Waals surface area contributed by atoms with E-state index in [9.17, 15) is 5.11 Å². The average Bonchev–Trinajstić information content (AvgIpc) is 2.49. The predicted molar refractivity (Wildman–Crippen MR) is 81.1 cm³/mol. The van der Waals surface area contributed by atoms with E-state index in [0.717, 1.165) is 25.2 Å². The number of nitrogens with one attached hydrogen (secondary N) is 1. The molecular weight excluding hydrogens is 254 g/mol. The van der Waals surface area contributed by atoms with Crippen molar-refractivity contribution in [2.24, 2.45) is 0 Å². The van der Waals surface area contributed by atoms with E-state index in [-0.39, 0.29) is 6.04 Å². The van der Waals surface area contributed by atoms with Gasteiger partial charge in [-0.05, 0) is 31.0 Å². The Labute approximate surface area is 122 Å². The number of hydrogen-bond donors (Lipinski definition) is 2. The van der Waals surface area contributed by atoms with Gasteiger partial charge in [-0.1, -0.05) is 25.5 Å². The van der Waals surface area contributed by atoms with Crippen LogP contribution in [0.4, 0.5) is 0 Å². The van der Waals surface area contributed by atoms with Gasteiger partial charge in [0, 0.05) is 19.2 Å². The molecule has 1 unspecified atom stereocenters. The Balaban J connectivity index is 2.25. The fourth-order valence-electron chi connectivity index (χ4n) is 1.85. The number of rotatable bonds is 10. The summed E-state index contributed by atoms with van der Waals surface area (Å²) in [6.07, 6.45) is 1.69. The summed E-state index contributed by atoms with van der Waals surface area (Å²) < 4.78 is 10.5. The molecule has 4 nitrogen and oxygen atoms in total. The van der Waals surface area contributed by atoms with Crippen LogP contribution in [0.5, 0.6) is 5.75 Å². The van der Waals surface area contributed by atoms with E-state index < -0.39 is 6.10 Å². The van der Waals surface area contributed by atoms with E-state index in [4.69, 9.17) is 9.47 Å². The monoisotopic (exact) mass is 281 g/mol. The summed E-state index contributed by atoms with van der Waals surface area (Å²) in [7, 11) is 1.66. The summed E-state index contributed by atoms with van der Waals surface area (Å²) >= 11 is 0. The minimum atomic E-state index is -0.465. The van der Waals surface area contributed by atoms with Crippen molar-refractivity contribution in [3.63, 3.8) is 0 Å². The molecule has 4 heteroatoms. The van der Waals surface area contributed by atoms with Gasteiger partial charge >= 0.3 is 0 Å². The van der Waals surface area contributed by atoms with E-state index in [1.807, 2.05) is 24.3 Å². The van der Waals surface area contributed by atoms with Crippen LogP contribution in [-0.4, -0.2) is 38.1 Å². The molecule has 0 aliphatic carbocycles. The van der Waals surface area contributed by atoms with Crippen LogP contribution < -0.4 is 10.1 Å². The zero-order valence-electron chi connectivity index (χ0n) is 12.8. The third-order valence-corrected chi connectivity index (χ3v) is 3.23. The van der Waals surface area contributed by atoms with Crippen molar-refractivity contribution in [3.8, 4) is 5.75 Å². The second-order valence-electron chi connectivity index (χ2n) is 4.99. The number of methoxy groups -OCH3 is 1. The Morgan fingerprint density at radius 3 is 2.55 bits per heavy atom. The van der Waals surface area contributed by atoms with E-state index in [1.165, 1.54) is 5.56 Å². The molecule has 0 saturated heterocycles. The van der Waals surface area contributed by atoms with E-state index in [2.05, 4.69) is 19.2 Å². The van der Waals surface area contributed by atoms with E-state index in [0.29, 0.717) is 13.2 Å². The molecule has 0 aliphatic rings. The van der Waals surface area contributed by atoms with Crippen LogP contribution in [0.15, 0.2) is 24.3 Å². The first-order valence-electron chi connectivity index (χ1n) is 7.30. The fraction of sp³-hybridized carbons (Fsp3) is 0.625. The van der Waals surface area contributed by atoms with Gasteiger partial charge in [-0.3, -0.25) is 0 Å². The highest BCUT2D eigenvalue weighted by Crippen LogP contribution is 2.17. The Morgan fingerprint density at radius 1 is 1.25 bits per heavy atom. The number of aliphatic hydroxyl groups excluding tert-OH is 1. The summed E-state index contributed by atoms with van der Waals surface area (Å²) in [6, 6.07) is 8.13. The van der Waals surface area contributed by atoms with Crippen LogP contribution in [0.25, 0.3) is 0 Å². The molecule has 2 atom stereocenters. The standard InChI is InChI=1S/C16H27NO3/c1-4-5-10-20-12-15(18)11-17-13(2)14-6-8-16(19-3)9-7-14/h6-9,13,15,17-18H,4-5,10-12H2,1-3H3/t13-,15?/m1/s1. The van der Waals surface area contributed by atoms with Crippen molar-refractivity contribution in [2.45, 2.75) is 38.8 Å². The second-order valence-corrected chi connectivity index (χ2v) is 4.99. The van der Waals surface area contributed by atoms with Crippen LogP contribution in [0.2, 0.25) is 0 Å². The zero-order valence-corrected chi connectivity index (χ0v) is 12.8. The quantitative estimate of drug-likeness (QED) is 0.647. The summed E-state index contributed by atoms with van der Waals surface area (Å²) in [5.41, 5.74) is 1.17. The minimum Gasteiger partial charge on any atom is -0.497 e. The normalized spacial score (nSPS) is 14.0.